The summed E-state index contributed by atoms with van der Waals surface area (Å²) in [6, 6.07) is 19.4. The molecule has 0 radical (unpaired) electrons. The number of benzene rings is 3. The molecule has 0 bridgehead atoms. The number of hydrogen-bond donors (Lipinski definition) is 0. The van der Waals surface area contributed by atoms with Gasteiger partial charge in [0.15, 0.2) is 4.80 Å². The second-order valence-corrected chi connectivity index (χ2v) is 11.3. The number of anilines is 1. The molecule has 0 unspecified atom stereocenters. The van der Waals surface area contributed by atoms with E-state index in [1.807, 2.05) is 54.0 Å². The van der Waals surface area contributed by atoms with Gasteiger partial charge in [-0.3, -0.25) is 9.10 Å². The summed E-state index contributed by atoms with van der Waals surface area (Å²) in [6.45, 7) is 3.09. The molecule has 0 spiro atoms. The van der Waals surface area contributed by atoms with Crippen LogP contribution in [-0.4, -0.2) is 25.4 Å². The molecule has 0 aliphatic carbocycles. The van der Waals surface area contributed by atoms with Crippen LogP contribution >= 0.6 is 27.3 Å². The van der Waals surface area contributed by atoms with Crippen molar-refractivity contribution in [1.82, 2.24) is 4.57 Å². The molecule has 168 valence electrons. The molecular weight excluding hydrogens is 522 g/mol. The van der Waals surface area contributed by atoms with Crippen molar-refractivity contribution in [3.05, 3.63) is 87.1 Å². The van der Waals surface area contributed by atoms with E-state index in [2.05, 4.69) is 20.9 Å². The first kappa shape index (κ1) is 22.1. The fourth-order valence-corrected chi connectivity index (χ4v) is 7.41. The SMILES string of the molecule is CCn1c(=NC(=O)c2ccc(S(=O)(=O)N3CCc4ccccc43)cc2)sc2cccc(Br)c21. The Labute approximate surface area is 204 Å². The lowest BCUT2D eigenvalue weighted by atomic mass is 10.2. The van der Waals surface area contributed by atoms with E-state index in [1.165, 1.54) is 39.9 Å². The van der Waals surface area contributed by atoms with Crippen LogP contribution in [0.25, 0.3) is 10.2 Å². The Bertz CT molecular complexity index is 1550. The van der Waals surface area contributed by atoms with Gasteiger partial charge >= 0.3 is 0 Å². The average Bonchev–Trinajstić information content (AvgIpc) is 3.41. The summed E-state index contributed by atoms with van der Waals surface area (Å²) in [7, 11) is -3.70. The van der Waals surface area contributed by atoms with Gasteiger partial charge < -0.3 is 4.57 Å². The highest BCUT2D eigenvalue weighted by molar-refractivity contribution is 9.10. The topological polar surface area (TPSA) is 71.7 Å². The first-order chi connectivity index (χ1) is 15.9. The number of carbonyl (C=O) groups excluding carboxylic acids is 1. The van der Waals surface area contributed by atoms with E-state index in [4.69, 9.17) is 0 Å². The molecule has 9 heteroatoms. The second kappa shape index (κ2) is 8.55. The molecule has 0 saturated heterocycles. The summed E-state index contributed by atoms with van der Waals surface area (Å²) >= 11 is 5.02. The lowest BCUT2D eigenvalue weighted by Gasteiger charge is -2.19. The standard InChI is InChI=1S/C24H20BrN3O3S2/c1-2-27-22-19(25)7-5-9-21(22)32-24(27)26-23(29)17-10-12-18(13-11-17)33(30,31)28-15-14-16-6-3-4-8-20(16)28/h3-13H,2,14-15H2,1H3. The van der Waals surface area contributed by atoms with Crippen molar-refractivity contribution >= 4 is 59.1 Å². The van der Waals surface area contributed by atoms with Gasteiger partial charge in [-0.1, -0.05) is 35.6 Å². The van der Waals surface area contributed by atoms with Gasteiger partial charge in [0.25, 0.3) is 15.9 Å². The van der Waals surface area contributed by atoms with Gasteiger partial charge in [-0.15, -0.1) is 0 Å². The summed E-state index contributed by atoms with van der Waals surface area (Å²) in [5, 5.41) is 0. The molecule has 6 nitrogen and oxygen atoms in total. The Kier molecular flexibility index (Phi) is 5.72. The number of rotatable bonds is 4. The van der Waals surface area contributed by atoms with Gasteiger partial charge in [0.1, 0.15) is 0 Å². The maximum Gasteiger partial charge on any atom is 0.279 e. The number of nitrogens with zero attached hydrogens (tertiary/aromatic N) is 3. The van der Waals surface area contributed by atoms with Crippen molar-refractivity contribution in [3.8, 4) is 0 Å². The van der Waals surface area contributed by atoms with Crippen molar-refractivity contribution < 1.29 is 13.2 Å². The molecule has 1 amide bonds. The fourth-order valence-electron chi connectivity index (χ4n) is 4.07. The molecule has 5 rings (SSSR count). The average molecular weight is 542 g/mol. The quantitative estimate of drug-likeness (QED) is 0.365. The van der Waals surface area contributed by atoms with Gasteiger partial charge in [-0.25, -0.2) is 8.42 Å². The molecule has 0 atom stereocenters. The van der Waals surface area contributed by atoms with E-state index in [0.29, 0.717) is 35.6 Å². The van der Waals surface area contributed by atoms with Crippen molar-refractivity contribution in [3.63, 3.8) is 0 Å². The van der Waals surface area contributed by atoms with Crippen LogP contribution in [-0.2, 0) is 23.0 Å². The summed E-state index contributed by atoms with van der Waals surface area (Å²) in [5.41, 5.74) is 3.08. The minimum atomic E-state index is -3.70. The molecule has 0 N–H and O–H groups in total. The molecule has 33 heavy (non-hydrogen) atoms. The van der Waals surface area contributed by atoms with Crippen molar-refractivity contribution in [1.29, 1.82) is 0 Å². The summed E-state index contributed by atoms with van der Waals surface area (Å²) < 4.78 is 31.8. The van der Waals surface area contributed by atoms with E-state index < -0.39 is 15.9 Å². The second-order valence-electron chi connectivity index (χ2n) is 7.61. The fraction of sp³-hybridized carbons (Fsp3) is 0.167. The van der Waals surface area contributed by atoms with Crippen LogP contribution in [0.3, 0.4) is 0 Å². The van der Waals surface area contributed by atoms with E-state index in [9.17, 15) is 13.2 Å². The highest BCUT2D eigenvalue weighted by atomic mass is 79.9. The minimum absolute atomic E-state index is 0.158. The highest BCUT2D eigenvalue weighted by Crippen LogP contribution is 2.32. The number of amides is 1. The minimum Gasteiger partial charge on any atom is -0.316 e. The Balaban J connectivity index is 1.47. The van der Waals surface area contributed by atoms with Gasteiger partial charge in [-0.05, 0) is 77.3 Å². The Morgan fingerprint density at radius 3 is 2.58 bits per heavy atom. The largest absolute Gasteiger partial charge is 0.316 e. The van der Waals surface area contributed by atoms with Crippen LogP contribution in [0.15, 0.2) is 81.1 Å². The molecule has 1 aromatic heterocycles. The number of para-hydroxylation sites is 2. The normalized spacial score (nSPS) is 14.1. The Morgan fingerprint density at radius 1 is 1.06 bits per heavy atom. The van der Waals surface area contributed by atoms with E-state index >= 15 is 0 Å². The Morgan fingerprint density at radius 2 is 1.82 bits per heavy atom. The number of aromatic nitrogens is 1. The van der Waals surface area contributed by atoms with Gasteiger partial charge in [0, 0.05) is 23.1 Å². The smallest absolute Gasteiger partial charge is 0.279 e. The third kappa shape index (κ3) is 3.84. The summed E-state index contributed by atoms with van der Waals surface area (Å²) in [5.74, 6) is -0.407. The molecule has 1 aliphatic heterocycles. The number of hydrogen-bond acceptors (Lipinski definition) is 4. The van der Waals surface area contributed by atoms with Crippen molar-refractivity contribution in [2.75, 3.05) is 10.8 Å². The molecular formula is C24H20BrN3O3S2. The summed E-state index contributed by atoms with van der Waals surface area (Å²) in [4.78, 5) is 18.0. The molecule has 0 saturated carbocycles. The van der Waals surface area contributed by atoms with Crippen LogP contribution in [0.5, 0.6) is 0 Å². The maximum atomic E-state index is 13.2. The molecule has 2 heterocycles. The Hall–Kier alpha value is -2.75. The highest BCUT2D eigenvalue weighted by Gasteiger charge is 2.30. The number of fused-ring (bicyclic) bond motifs is 2. The zero-order valence-electron chi connectivity index (χ0n) is 17.7. The number of sulfonamides is 1. The first-order valence-electron chi connectivity index (χ1n) is 10.5. The number of carbonyl (C=O) groups is 1. The molecule has 4 aromatic rings. The number of thiazole rings is 1. The zero-order chi connectivity index (χ0) is 23.2. The van der Waals surface area contributed by atoms with Gasteiger partial charge in [-0.2, -0.15) is 4.99 Å². The number of halogens is 1. The van der Waals surface area contributed by atoms with E-state index in [-0.39, 0.29) is 4.90 Å². The molecule has 3 aromatic carbocycles. The van der Waals surface area contributed by atoms with Crippen LogP contribution in [0.1, 0.15) is 22.8 Å². The number of aryl methyl sites for hydroxylation is 1. The predicted octanol–water partition coefficient (Wildman–Crippen LogP) is 4.98. The maximum absolute atomic E-state index is 13.2. The van der Waals surface area contributed by atoms with Crippen LogP contribution in [0.4, 0.5) is 5.69 Å². The monoisotopic (exact) mass is 541 g/mol. The third-order valence-electron chi connectivity index (χ3n) is 5.70. The third-order valence-corrected chi connectivity index (χ3v) is 9.21. The van der Waals surface area contributed by atoms with Crippen LogP contribution < -0.4 is 9.11 Å². The predicted molar refractivity (Wildman–Crippen MR) is 134 cm³/mol. The molecule has 1 aliphatic rings. The summed E-state index contributed by atoms with van der Waals surface area (Å²) in [6.07, 6.45) is 0.688. The van der Waals surface area contributed by atoms with E-state index in [1.54, 1.807) is 0 Å². The van der Waals surface area contributed by atoms with Crippen molar-refractivity contribution in [2.45, 2.75) is 24.8 Å². The zero-order valence-corrected chi connectivity index (χ0v) is 21.0. The first-order valence-corrected chi connectivity index (χ1v) is 13.5. The van der Waals surface area contributed by atoms with Crippen LogP contribution in [0, 0.1) is 0 Å². The van der Waals surface area contributed by atoms with Crippen LogP contribution in [0.2, 0.25) is 0 Å². The lowest BCUT2D eigenvalue weighted by Crippen LogP contribution is -2.29. The van der Waals surface area contributed by atoms with Gasteiger partial charge in [0.05, 0.1) is 20.8 Å². The van der Waals surface area contributed by atoms with Crippen molar-refractivity contribution in [2.24, 2.45) is 4.99 Å². The lowest BCUT2D eigenvalue weighted by molar-refractivity contribution is 0.0997. The molecule has 0 fully saturated rings. The van der Waals surface area contributed by atoms with Gasteiger partial charge in [0.2, 0.25) is 0 Å². The van der Waals surface area contributed by atoms with E-state index in [0.717, 1.165) is 20.3 Å².